The third-order valence-electron chi connectivity index (χ3n) is 5.34. The fourth-order valence-corrected chi connectivity index (χ4v) is 4.63. The van der Waals surface area contributed by atoms with Crippen molar-refractivity contribution in [3.05, 3.63) is 52.0 Å². The second-order valence-electron chi connectivity index (χ2n) is 8.42. The maximum atomic E-state index is 13.3. The number of carbonyl (C=O) groups excluding carboxylic acids is 2. The van der Waals surface area contributed by atoms with Gasteiger partial charge in [0.2, 0.25) is 11.8 Å². The molecule has 30 heavy (non-hydrogen) atoms. The molecule has 1 aromatic heterocycles. The predicted molar refractivity (Wildman–Crippen MR) is 116 cm³/mol. The fourth-order valence-electron chi connectivity index (χ4n) is 3.70. The molecule has 2 aromatic rings. The number of fused-ring (bicyclic) bond motifs is 1. The first kappa shape index (κ1) is 22.3. The van der Waals surface area contributed by atoms with Crippen LogP contribution in [0.15, 0.2) is 35.7 Å². The van der Waals surface area contributed by atoms with E-state index in [1.807, 2.05) is 44.0 Å². The molecule has 162 valence electrons. The number of carbonyl (C=O) groups is 2. The number of amides is 2. The SMILES string of the molecule is CCC(=O)N(CC(=O)N1CCc2sccc2[C@@H]1COc1ccc(F)cc1)C(C)(C)C. The zero-order valence-corrected chi connectivity index (χ0v) is 18.8. The number of thiophene rings is 1. The van der Waals surface area contributed by atoms with Gasteiger partial charge in [-0.3, -0.25) is 9.59 Å². The van der Waals surface area contributed by atoms with Gasteiger partial charge in [0.25, 0.3) is 0 Å². The van der Waals surface area contributed by atoms with Crippen molar-refractivity contribution in [3.8, 4) is 5.75 Å². The Morgan fingerprint density at radius 2 is 1.93 bits per heavy atom. The van der Waals surface area contributed by atoms with Crippen molar-refractivity contribution < 1.29 is 18.7 Å². The van der Waals surface area contributed by atoms with Gasteiger partial charge in [0.05, 0.1) is 6.04 Å². The minimum atomic E-state index is -0.438. The predicted octanol–water partition coefficient (Wildman–Crippen LogP) is 4.43. The van der Waals surface area contributed by atoms with Gasteiger partial charge in [0, 0.05) is 23.4 Å². The highest BCUT2D eigenvalue weighted by Crippen LogP contribution is 2.34. The molecule has 0 saturated heterocycles. The molecule has 0 N–H and O–H groups in total. The molecule has 0 bridgehead atoms. The third kappa shape index (κ3) is 5.01. The average molecular weight is 433 g/mol. The molecule has 0 aliphatic carbocycles. The van der Waals surface area contributed by atoms with Crippen molar-refractivity contribution in [3.63, 3.8) is 0 Å². The summed E-state index contributed by atoms with van der Waals surface area (Å²) in [4.78, 5) is 30.5. The van der Waals surface area contributed by atoms with E-state index in [2.05, 4.69) is 0 Å². The summed E-state index contributed by atoms with van der Waals surface area (Å²) in [6, 6.07) is 7.67. The summed E-state index contributed by atoms with van der Waals surface area (Å²) in [5.41, 5.74) is 0.650. The molecule has 2 heterocycles. The summed E-state index contributed by atoms with van der Waals surface area (Å²) in [5, 5.41) is 2.03. The van der Waals surface area contributed by atoms with E-state index >= 15 is 0 Å². The summed E-state index contributed by atoms with van der Waals surface area (Å²) in [6.07, 6.45) is 1.15. The lowest BCUT2D eigenvalue weighted by Gasteiger charge is -2.40. The highest BCUT2D eigenvalue weighted by atomic mass is 32.1. The van der Waals surface area contributed by atoms with Crippen molar-refractivity contribution in [2.45, 2.75) is 52.1 Å². The molecule has 0 unspecified atom stereocenters. The van der Waals surface area contributed by atoms with Gasteiger partial charge >= 0.3 is 0 Å². The first-order valence-electron chi connectivity index (χ1n) is 10.2. The van der Waals surface area contributed by atoms with E-state index in [1.54, 1.807) is 28.4 Å². The van der Waals surface area contributed by atoms with E-state index in [9.17, 15) is 14.0 Å². The number of benzene rings is 1. The topological polar surface area (TPSA) is 49.9 Å². The largest absolute Gasteiger partial charge is 0.491 e. The smallest absolute Gasteiger partial charge is 0.242 e. The first-order valence-corrected chi connectivity index (χ1v) is 11.1. The molecule has 5 nitrogen and oxygen atoms in total. The molecular weight excluding hydrogens is 403 g/mol. The molecule has 0 saturated carbocycles. The van der Waals surface area contributed by atoms with Crippen LogP contribution in [-0.4, -0.2) is 46.8 Å². The number of hydrogen-bond donors (Lipinski definition) is 0. The second kappa shape index (κ2) is 9.16. The highest BCUT2D eigenvalue weighted by molar-refractivity contribution is 7.10. The van der Waals surface area contributed by atoms with E-state index in [-0.39, 0.29) is 36.8 Å². The molecule has 0 spiro atoms. The van der Waals surface area contributed by atoms with Gasteiger partial charge in [-0.25, -0.2) is 4.39 Å². The van der Waals surface area contributed by atoms with Gasteiger partial charge in [0.1, 0.15) is 24.7 Å². The van der Waals surface area contributed by atoms with Crippen LogP contribution in [0, 0.1) is 5.82 Å². The zero-order valence-electron chi connectivity index (χ0n) is 18.0. The lowest BCUT2D eigenvalue weighted by atomic mass is 9.99. The van der Waals surface area contributed by atoms with Gasteiger partial charge < -0.3 is 14.5 Å². The summed E-state index contributed by atoms with van der Waals surface area (Å²) >= 11 is 1.69. The number of halogens is 1. The fraction of sp³-hybridized carbons (Fsp3) is 0.478. The molecule has 1 aliphatic rings. The summed E-state index contributed by atoms with van der Waals surface area (Å²) in [5.74, 6) is 0.114. The zero-order chi connectivity index (χ0) is 21.9. The minimum Gasteiger partial charge on any atom is -0.491 e. The maximum Gasteiger partial charge on any atom is 0.242 e. The van der Waals surface area contributed by atoms with Crippen molar-refractivity contribution in [1.82, 2.24) is 9.80 Å². The van der Waals surface area contributed by atoms with Crippen molar-refractivity contribution in [2.75, 3.05) is 19.7 Å². The van der Waals surface area contributed by atoms with E-state index in [0.717, 1.165) is 12.0 Å². The number of nitrogens with zero attached hydrogens (tertiary/aromatic N) is 2. The van der Waals surface area contributed by atoms with E-state index in [0.29, 0.717) is 18.7 Å². The van der Waals surface area contributed by atoms with Gasteiger partial charge in [0.15, 0.2) is 0 Å². The lowest BCUT2D eigenvalue weighted by Crippen LogP contribution is -2.53. The van der Waals surface area contributed by atoms with Crippen LogP contribution in [0.2, 0.25) is 0 Å². The number of hydrogen-bond acceptors (Lipinski definition) is 4. The summed E-state index contributed by atoms with van der Waals surface area (Å²) in [7, 11) is 0. The number of rotatable bonds is 6. The molecule has 0 radical (unpaired) electrons. The highest BCUT2D eigenvalue weighted by Gasteiger charge is 2.35. The van der Waals surface area contributed by atoms with E-state index < -0.39 is 5.54 Å². The Morgan fingerprint density at radius 1 is 1.23 bits per heavy atom. The normalized spacial score (nSPS) is 16.2. The summed E-state index contributed by atoms with van der Waals surface area (Å²) in [6.45, 7) is 8.54. The maximum absolute atomic E-state index is 13.3. The van der Waals surface area contributed by atoms with E-state index in [1.165, 1.54) is 17.0 Å². The van der Waals surface area contributed by atoms with Crippen LogP contribution in [0.5, 0.6) is 5.75 Å². The Bertz CT molecular complexity index is 889. The standard InChI is InChI=1S/C23H29FN2O3S/c1-5-21(27)26(23(2,3)4)14-22(28)25-12-10-20-18(11-13-30-20)19(25)15-29-17-8-6-16(24)7-9-17/h6-9,11,13,19H,5,10,12,14-15H2,1-4H3/t19-/m0/s1. The molecule has 0 fully saturated rings. The van der Waals surface area contributed by atoms with Crippen molar-refractivity contribution in [1.29, 1.82) is 0 Å². The van der Waals surface area contributed by atoms with Crippen molar-refractivity contribution >= 4 is 23.2 Å². The third-order valence-corrected chi connectivity index (χ3v) is 6.34. The molecular formula is C23H29FN2O3S. The first-order chi connectivity index (χ1) is 14.2. The van der Waals surface area contributed by atoms with Crippen LogP contribution in [0.4, 0.5) is 4.39 Å². The van der Waals surface area contributed by atoms with Crippen LogP contribution in [-0.2, 0) is 16.0 Å². The molecule has 3 rings (SSSR count). The van der Waals surface area contributed by atoms with Crippen LogP contribution < -0.4 is 4.74 Å². The monoisotopic (exact) mass is 432 g/mol. The lowest BCUT2D eigenvalue weighted by molar-refractivity contribution is -0.146. The Kier molecular flexibility index (Phi) is 6.81. The van der Waals surface area contributed by atoms with Gasteiger partial charge in [-0.05, 0) is 68.5 Å². The summed E-state index contributed by atoms with van der Waals surface area (Å²) < 4.78 is 19.1. The van der Waals surface area contributed by atoms with Crippen LogP contribution in [0.3, 0.4) is 0 Å². The molecule has 2 amide bonds. The molecule has 1 aliphatic heterocycles. The Morgan fingerprint density at radius 3 is 2.57 bits per heavy atom. The van der Waals surface area contributed by atoms with Crippen LogP contribution >= 0.6 is 11.3 Å². The van der Waals surface area contributed by atoms with Crippen LogP contribution in [0.1, 0.15) is 50.6 Å². The van der Waals surface area contributed by atoms with E-state index in [4.69, 9.17) is 4.74 Å². The Hall–Kier alpha value is -2.41. The van der Waals surface area contributed by atoms with Gasteiger partial charge in [-0.1, -0.05) is 6.92 Å². The quantitative estimate of drug-likeness (QED) is 0.679. The second-order valence-corrected chi connectivity index (χ2v) is 9.42. The Labute approximate surface area is 181 Å². The minimum absolute atomic E-state index is 0.0387. The molecule has 1 atom stereocenters. The van der Waals surface area contributed by atoms with Crippen LogP contribution in [0.25, 0.3) is 0 Å². The number of ether oxygens (including phenoxy) is 1. The Balaban J connectivity index is 1.79. The van der Waals surface area contributed by atoms with Gasteiger partial charge in [-0.15, -0.1) is 11.3 Å². The van der Waals surface area contributed by atoms with Gasteiger partial charge in [-0.2, -0.15) is 0 Å². The molecule has 1 aromatic carbocycles. The molecule has 7 heteroatoms. The van der Waals surface area contributed by atoms with Crippen molar-refractivity contribution in [2.24, 2.45) is 0 Å². The average Bonchev–Trinajstić information content (AvgIpc) is 3.18.